The largest absolute Gasteiger partial charge is 0.344 e. The van der Waals surface area contributed by atoms with Crippen LogP contribution in [0.1, 0.15) is 25.7 Å². The van der Waals surface area contributed by atoms with Crippen molar-refractivity contribution in [3.05, 3.63) is 12.2 Å². The van der Waals surface area contributed by atoms with Gasteiger partial charge in [-0.2, -0.15) is 0 Å². The first-order chi connectivity index (χ1) is 8.15. The van der Waals surface area contributed by atoms with Crippen LogP contribution in [0.2, 0.25) is 0 Å². The third-order valence-corrected chi connectivity index (χ3v) is 3.25. The van der Waals surface area contributed by atoms with Gasteiger partial charge in [0, 0.05) is 26.1 Å². The molecule has 1 aliphatic heterocycles. The van der Waals surface area contributed by atoms with E-state index in [0.717, 1.165) is 19.3 Å². The Kier molecular flexibility index (Phi) is 3.66. The standard InChI is InChI=1S/C12H19N3O2/c1-15-8-10(7-11(15)16)14-12(17)13-9-5-3-2-4-6-9/h3,5,9-10H,2,4,6-8H2,1H3,(H2,13,14,17)/t9-,10+/m0/s1. The van der Waals surface area contributed by atoms with E-state index in [9.17, 15) is 9.59 Å². The minimum absolute atomic E-state index is 0.0555. The zero-order valence-corrected chi connectivity index (χ0v) is 10.1. The van der Waals surface area contributed by atoms with E-state index in [2.05, 4.69) is 16.7 Å². The van der Waals surface area contributed by atoms with E-state index in [1.807, 2.05) is 6.08 Å². The lowest BCUT2D eigenvalue weighted by Gasteiger charge is -2.20. The minimum Gasteiger partial charge on any atom is -0.344 e. The molecule has 0 saturated carbocycles. The van der Waals surface area contributed by atoms with Gasteiger partial charge in [0.15, 0.2) is 0 Å². The Labute approximate surface area is 101 Å². The van der Waals surface area contributed by atoms with Gasteiger partial charge >= 0.3 is 6.03 Å². The minimum atomic E-state index is -0.172. The van der Waals surface area contributed by atoms with Crippen molar-refractivity contribution in [3.8, 4) is 0 Å². The number of carbonyl (C=O) groups excluding carboxylic acids is 2. The second-order valence-corrected chi connectivity index (χ2v) is 4.76. The summed E-state index contributed by atoms with van der Waals surface area (Å²) in [4.78, 5) is 24.6. The van der Waals surface area contributed by atoms with E-state index in [1.54, 1.807) is 11.9 Å². The molecule has 1 aliphatic carbocycles. The summed E-state index contributed by atoms with van der Waals surface area (Å²) in [6.07, 6.45) is 7.75. The number of carbonyl (C=O) groups is 2. The van der Waals surface area contributed by atoms with Crippen LogP contribution >= 0.6 is 0 Å². The Morgan fingerprint density at radius 1 is 1.47 bits per heavy atom. The summed E-state index contributed by atoms with van der Waals surface area (Å²) in [5.41, 5.74) is 0. The molecule has 1 saturated heterocycles. The maximum absolute atomic E-state index is 11.7. The zero-order valence-electron chi connectivity index (χ0n) is 10.1. The highest BCUT2D eigenvalue weighted by molar-refractivity contribution is 5.81. The van der Waals surface area contributed by atoms with Crippen LogP contribution in [0.5, 0.6) is 0 Å². The van der Waals surface area contributed by atoms with Crippen molar-refractivity contribution in [2.75, 3.05) is 13.6 Å². The Morgan fingerprint density at radius 3 is 2.88 bits per heavy atom. The number of likely N-dealkylation sites (tertiary alicyclic amines) is 1. The average molecular weight is 237 g/mol. The molecule has 0 radical (unpaired) electrons. The Hall–Kier alpha value is -1.52. The molecule has 2 rings (SSSR count). The summed E-state index contributed by atoms with van der Waals surface area (Å²) in [7, 11) is 1.76. The second kappa shape index (κ2) is 5.21. The van der Waals surface area contributed by atoms with Crippen molar-refractivity contribution in [3.63, 3.8) is 0 Å². The van der Waals surface area contributed by atoms with Crippen LogP contribution in [0.25, 0.3) is 0 Å². The molecular formula is C12H19N3O2. The summed E-state index contributed by atoms with van der Waals surface area (Å²) in [6, 6.07) is -0.0895. The van der Waals surface area contributed by atoms with E-state index >= 15 is 0 Å². The monoisotopic (exact) mass is 237 g/mol. The lowest BCUT2D eigenvalue weighted by atomic mass is 10.0. The van der Waals surface area contributed by atoms with Crippen LogP contribution in [-0.2, 0) is 4.79 Å². The number of urea groups is 1. The van der Waals surface area contributed by atoms with Crippen LogP contribution < -0.4 is 10.6 Å². The molecule has 1 fully saturated rings. The van der Waals surface area contributed by atoms with Crippen LogP contribution in [-0.4, -0.2) is 42.5 Å². The molecule has 0 aromatic heterocycles. The van der Waals surface area contributed by atoms with Gasteiger partial charge in [-0.15, -0.1) is 0 Å². The summed E-state index contributed by atoms with van der Waals surface area (Å²) >= 11 is 0. The molecule has 2 N–H and O–H groups in total. The van der Waals surface area contributed by atoms with Crippen molar-refractivity contribution < 1.29 is 9.59 Å². The first-order valence-corrected chi connectivity index (χ1v) is 6.13. The smallest absolute Gasteiger partial charge is 0.315 e. The maximum atomic E-state index is 11.7. The third kappa shape index (κ3) is 3.22. The molecule has 0 aromatic carbocycles. The molecule has 5 heteroatoms. The number of hydrogen-bond donors (Lipinski definition) is 2. The molecule has 2 aliphatic rings. The number of nitrogens with one attached hydrogen (secondary N) is 2. The quantitative estimate of drug-likeness (QED) is 0.692. The fourth-order valence-electron chi connectivity index (χ4n) is 2.29. The molecule has 0 bridgehead atoms. The second-order valence-electron chi connectivity index (χ2n) is 4.76. The Bertz CT molecular complexity index is 341. The molecule has 3 amide bonds. The molecule has 0 spiro atoms. The first kappa shape index (κ1) is 12.0. The number of allylic oxidation sites excluding steroid dienone is 1. The average Bonchev–Trinajstić information content (AvgIpc) is 2.59. The van der Waals surface area contributed by atoms with Gasteiger partial charge in [-0.3, -0.25) is 4.79 Å². The van der Waals surface area contributed by atoms with E-state index in [-0.39, 0.29) is 24.0 Å². The predicted octanol–water partition coefficient (Wildman–Crippen LogP) is 0.625. The maximum Gasteiger partial charge on any atom is 0.315 e. The molecule has 0 unspecified atom stereocenters. The molecule has 94 valence electrons. The van der Waals surface area contributed by atoms with Crippen LogP contribution in [0, 0.1) is 0 Å². The highest BCUT2D eigenvalue weighted by atomic mass is 16.2. The van der Waals surface area contributed by atoms with Gasteiger partial charge in [-0.1, -0.05) is 12.2 Å². The van der Waals surface area contributed by atoms with E-state index in [1.165, 1.54) is 0 Å². The van der Waals surface area contributed by atoms with Gasteiger partial charge in [-0.25, -0.2) is 4.79 Å². The van der Waals surface area contributed by atoms with Gasteiger partial charge in [0.05, 0.1) is 6.04 Å². The van der Waals surface area contributed by atoms with Crippen molar-refractivity contribution in [1.82, 2.24) is 15.5 Å². The topological polar surface area (TPSA) is 61.4 Å². The van der Waals surface area contributed by atoms with E-state index < -0.39 is 0 Å². The summed E-state index contributed by atoms with van der Waals surface area (Å²) < 4.78 is 0. The summed E-state index contributed by atoms with van der Waals surface area (Å²) in [5, 5.41) is 5.75. The summed E-state index contributed by atoms with van der Waals surface area (Å²) in [5.74, 6) is 0.0906. The van der Waals surface area contributed by atoms with Gasteiger partial charge in [0.25, 0.3) is 0 Å². The van der Waals surface area contributed by atoms with E-state index in [0.29, 0.717) is 13.0 Å². The van der Waals surface area contributed by atoms with Gasteiger partial charge in [0.1, 0.15) is 0 Å². The third-order valence-electron chi connectivity index (χ3n) is 3.25. The van der Waals surface area contributed by atoms with Crippen molar-refractivity contribution >= 4 is 11.9 Å². The van der Waals surface area contributed by atoms with Gasteiger partial charge in [-0.05, 0) is 19.3 Å². The number of amides is 3. The predicted molar refractivity (Wildman–Crippen MR) is 64.5 cm³/mol. The fraction of sp³-hybridized carbons (Fsp3) is 0.667. The normalized spacial score (nSPS) is 28.3. The SMILES string of the molecule is CN1C[C@H](NC(=O)N[C@H]2C=CCCC2)CC1=O. The first-order valence-electron chi connectivity index (χ1n) is 6.13. The lowest BCUT2D eigenvalue weighted by Crippen LogP contribution is -2.46. The molecule has 17 heavy (non-hydrogen) atoms. The molecule has 2 atom stereocenters. The zero-order chi connectivity index (χ0) is 12.3. The van der Waals surface area contributed by atoms with Crippen molar-refractivity contribution in [2.24, 2.45) is 0 Å². The van der Waals surface area contributed by atoms with Crippen LogP contribution in [0.3, 0.4) is 0 Å². The molecular weight excluding hydrogens is 218 g/mol. The molecule has 1 heterocycles. The van der Waals surface area contributed by atoms with Gasteiger partial charge in [0.2, 0.25) is 5.91 Å². The molecule has 0 aromatic rings. The lowest BCUT2D eigenvalue weighted by molar-refractivity contribution is -0.126. The van der Waals surface area contributed by atoms with Gasteiger partial charge < -0.3 is 15.5 Å². The highest BCUT2D eigenvalue weighted by Crippen LogP contribution is 2.11. The summed E-state index contributed by atoms with van der Waals surface area (Å²) in [6.45, 7) is 0.604. The van der Waals surface area contributed by atoms with Crippen molar-refractivity contribution in [2.45, 2.75) is 37.8 Å². The fourth-order valence-corrected chi connectivity index (χ4v) is 2.29. The molecule has 5 nitrogen and oxygen atoms in total. The number of likely N-dealkylation sites (N-methyl/N-ethyl adjacent to an activating group) is 1. The highest BCUT2D eigenvalue weighted by Gasteiger charge is 2.28. The number of nitrogens with zero attached hydrogens (tertiary/aromatic N) is 1. The number of rotatable bonds is 2. The Morgan fingerprint density at radius 2 is 2.29 bits per heavy atom. The van der Waals surface area contributed by atoms with E-state index in [4.69, 9.17) is 0 Å². The van der Waals surface area contributed by atoms with Crippen LogP contribution in [0.4, 0.5) is 4.79 Å². The van der Waals surface area contributed by atoms with Crippen LogP contribution in [0.15, 0.2) is 12.2 Å². The Balaban J connectivity index is 1.76. The number of hydrogen-bond acceptors (Lipinski definition) is 2. The van der Waals surface area contributed by atoms with Crippen molar-refractivity contribution in [1.29, 1.82) is 0 Å².